The number of hydrogen-bond donors (Lipinski definition) is 3. The first-order valence-corrected chi connectivity index (χ1v) is 5.29. The number of carboxylic acids is 1. The SMILES string of the molecule is O=C(O)c1c(NCCCO)nc2ccccn12. The van der Waals surface area contributed by atoms with E-state index in [9.17, 15) is 4.79 Å². The smallest absolute Gasteiger partial charge is 0.356 e. The molecule has 2 aromatic rings. The first-order valence-electron chi connectivity index (χ1n) is 5.29. The summed E-state index contributed by atoms with van der Waals surface area (Å²) in [6.45, 7) is 0.545. The Morgan fingerprint density at radius 1 is 1.47 bits per heavy atom. The van der Waals surface area contributed by atoms with E-state index in [1.807, 2.05) is 0 Å². The van der Waals surface area contributed by atoms with Gasteiger partial charge in [0.2, 0.25) is 0 Å². The third kappa shape index (κ3) is 2.21. The van der Waals surface area contributed by atoms with Crippen LogP contribution in [0.1, 0.15) is 16.9 Å². The lowest BCUT2D eigenvalue weighted by Crippen LogP contribution is -2.09. The van der Waals surface area contributed by atoms with Crippen molar-refractivity contribution in [1.29, 1.82) is 0 Å². The monoisotopic (exact) mass is 235 g/mol. The van der Waals surface area contributed by atoms with E-state index >= 15 is 0 Å². The molecule has 0 radical (unpaired) electrons. The minimum Gasteiger partial charge on any atom is -0.476 e. The van der Waals surface area contributed by atoms with Crippen LogP contribution in [-0.4, -0.2) is 38.7 Å². The molecule has 0 spiro atoms. The van der Waals surface area contributed by atoms with E-state index in [1.54, 1.807) is 24.4 Å². The van der Waals surface area contributed by atoms with Crippen LogP contribution in [0.2, 0.25) is 0 Å². The Kier molecular flexibility index (Phi) is 3.24. The first-order chi connectivity index (χ1) is 8.24. The summed E-state index contributed by atoms with van der Waals surface area (Å²) in [4.78, 5) is 15.4. The third-order valence-electron chi connectivity index (χ3n) is 2.36. The minimum absolute atomic E-state index is 0.0583. The van der Waals surface area contributed by atoms with Crippen molar-refractivity contribution < 1.29 is 15.0 Å². The summed E-state index contributed by atoms with van der Waals surface area (Å²) >= 11 is 0. The maximum absolute atomic E-state index is 11.2. The number of nitrogens with zero attached hydrogens (tertiary/aromatic N) is 2. The number of aliphatic hydroxyl groups is 1. The highest BCUT2D eigenvalue weighted by atomic mass is 16.4. The fourth-order valence-electron chi connectivity index (χ4n) is 1.61. The number of aliphatic hydroxyl groups excluding tert-OH is 1. The van der Waals surface area contributed by atoms with Gasteiger partial charge < -0.3 is 15.5 Å². The molecule has 6 nitrogen and oxygen atoms in total. The lowest BCUT2D eigenvalue weighted by atomic mass is 10.4. The van der Waals surface area contributed by atoms with Crippen LogP contribution < -0.4 is 5.32 Å². The molecular weight excluding hydrogens is 222 g/mol. The van der Waals surface area contributed by atoms with Crippen molar-refractivity contribution in [2.45, 2.75) is 6.42 Å². The highest BCUT2D eigenvalue weighted by Gasteiger charge is 2.17. The summed E-state index contributed by atoms with van der Waals surface area (Å²) in [6, 6.07) is 5.29. The molecule has 17 heavy (non-hydrogen) atoms. The number of pyridine rings is 1. The number of carboxylic acid groups (broad SMARTS) is 1. The largest absolute Gasteiger partial charge is 0.476 e. The van der Waals surface area contributed by atoms with Crippen LogP contribution in [-0.2, 0) is 0 Å². The minimum atomic E-state index is -1.03. The number of imidazole rings is 1. The van der Waals surface area contributed by atoms with Crippen LogP contribution in [0.4, 0.5) is 5.82 Å². The number of aromatic nitrogens is 2. The van der Waals surface area contributed by atoms with E-state index in [1.165, 1.54) is 4.40 Å². The van der Waals surface area contributed by atoms with Gasteiger partial charge in [0.25, 0.3) is 0 Å². The van der Waals surface area contributed by atoms with Gasteiger partial charge in [-0.25, -0.2) is 9.78 Å². The Morgan fingerprint density at radius 2 is 2.29 bits per heavy atom. The van der Waals surface area contributed by atoms with E-state index in [0.717, 1.165) is 0 Å². The van der Waals surface area contributed by atoms with Crippen LogP contribution in [0, 0.1) is 0 Å². The van der Waals surface area contributed by atoms with Gasteiger partial charge in [0, 0.05) is 19.3 Å². The van der Waals surface area contributed by atoms with Crippen molar-refractivity contribution in [1.82, 2.24) is 9.38 Å². The van der Waals surface area contributed by atoms with Crippen molar-refractivity contribution >= 4 is 17.4 Å². The van der Waals surface area contributed by atoms with Gasteiger partial charge in [-0.1, -0.05) is 6.07 Å². The Labute approximate surface area is 97.5 Å². The van der Waals surface area contributed by atoms with E-state index in [4.69, 9.17) is 10.2 Å². The molecule has 2 rings (SSSR count). The van der Waals surface area contributed by atoms with E-state index in [2.05, 4.69) is 10.3 Å². The van der Waals surface area contributed by atoms with Crippen molar-refractivity contribution in [3.63, 3.8) is 0 Å². The van der Waals surface area contributed by atoms with Gasteiger partial charge in [-0.3, -0.25) is 4.40 Å². The molecule has 0 atom stereocenters. The van der Waals surface area contributed by atoms with E-state index in [0.29, 0.717) is 24.4 Å². The van der Waals surface area contributed by atoms with E-state index < -0.39 is 5.97 Å². The van der Waals surface area contributed by atoms with Crippen LogP contribution in [0.25, 0.3) is 5.65 Å². The molecule has 0 aromatic carbocycles. The molecule has 0 aliphatic carbocycles. The zero-order valence-corrected chi connectivity index (χ0v) is 9.13. The van der Waals surface area contributed by atoms with Crippen molar-refractivity contribution in [2.75, 3.05) is 18.5 Å². The maximum Gasteiger partial charge on any atom is 0.356 e. The highest BCUT2D eigenvalue weighted by Crippen LogP contribution is 2.17. The average molecular weight is 235 g/mol. The predicted octanol–water partition coefficient (Wildman–Crippen LogP) is 0.827. The number of anilines is 1. The molecule has 0 saturated carbocycles. The summed E-state index contributed by atoms with van der Waals surface area (Å²) in [6.07, 6.45) is 2.20. The molecule has 0 bridgehead atoms. The highest BCUT2D eigenvalue weighted by molar-refractivity contribution is 5.92. The second kappa shape index (κ2) is 4.84. The Hall–Kier alpha value is -2.08. The van der Waals surface area contributed by atoms with Gasteiger partial charge in [0.05, 0.1) is 0 Å². The third-order valence-corrected chi connectivity index (χ3v) is 2.36. The van der Waals surface area contributed by atoms with Gasteiger partial charge in [-0.05, 0) is 18.6 Å². The number of carbonyl (C=O) groups is 1. The molecule has 2 aromatic heterocycles. The number of nitrogens with one attached hydrogen (secondary N) is 1. The lowest BCUT2D eigenvalue weighted by Gasteiger charge is -2.02. The summed E-state index contributed by atoms with van der Waals surface area (Å²) in [5.41, 5.74) is 0.690. The van der Waals surface area contributed by atoms with Gasteiger partial charge in [0.15, 0.2) is 11.5 Å². The molecule has 0 saturated heterocycles. The fraction of sp³-hybridized carbons (Fsp3) is 0.273. The van der Waals surface area contributed by atoms with Crippen LogP contribution >= 0.6 is 0 Å². The normalized spacial score (nSPS) is 10.6. The maximum atomic E-state index is 11.2. The van der Waals surface area contributed by atoms with Gasteiger partial charge in [-0.2, -0.15) is 0 Å². The van der Waals surface area contributed by atoms with Crippen molar-refractivity contribution in [2.24, 2.45) is 0 Å². The lowest BCUT2D eigenvalue weighted by molar-refractivity contribution is 0.0690. The van der Waals surface area contributed by atoms with Crippen LogP contribution in [0.5, 0.6) is 0 Å². The summed E-state index contributed by atoms with van der Waals surface area (Å²) in [7, 11) is 0. The zero-order valence-electron chi connectivity index (χ0n) is 9.13. The molecule has 0 amide bonds. The topological polar surface area (TPSA) is 86.9 Å². The Morgan fingerprint density at radius 3 is 3.00 bits per heavy atom. The van der Waals surface area contributed by atoms with Crippen molar-refractivity contribution in [3.05, 3.63) is 30.1 Å². The molecule has 0 aliphatic rings. The molecule has 90 valence electrons. The molecule has 6 heteroatoms. The number of hydrogen-bond acceptors (Lipinski definition) is 4. The molecule has 0 aliphatic heterocycles. The Bertz CT molecular complexity index is 536. The molecule has 3 N–H and O–H groups in total. The zero-order chi connectivity index (χ0) is 12.3. The van der Waals surface area contributed by atoms with Gasteiger partial charge >= 0.3 is 5.97 Å². The predicted molar refractivity (Wildman–Crippen MR) is 62.3 cm³/mol. The average Bonchev–Trinajstić information content (AvgIpc) is 2.67. The van der Waals surface area contributed by atoms with Crippen LogP contribution in [0.15, 0.2) is 24.4 Å². The number of aromatic carboxylic acids is 1. The second-order valence-corrected chi connectivity index (χ2v) is 3.55. The number of rotatable bonds is 5. The number of fused-ring (bicyclic) bond motifs is 1. The summed E-state index contributed by atoms with van der Waals surface area (Å²) < 4.78 is 1.52. The molecule has 0 unspecified atom stereocenters. The van der Waals surface area contributed by atoms with Gasteiger partial charge in [0.1, 0.15) is 5.65 Å². The molecule has 0 fully saturated rings. The quantitative estimate of drug-likeness (QED) is 0.668. The van der Waals surface area contributed by atoms with Crippen molar-refractivity contribution in [3.8, 4) is 0 Å². The molecule has 2 heterocycles. The summed E-state index contributed by atoms with van der Waals surface area (Å²) in [5.74, 6) is -0.702. The second-order valence-electron chi connectivity index (χ2n) is 3.55. The van der Waals surface area contributed by atoms with Gasteiger partial charge in [-0.15, -0.1) is 0 Å². The first kappa shape index (κ1) is 11.4. The summed E-state index contributed by atoms with van der Waals surface area (Å²) in [5, 5.41) is 20.8. The fourth-order valence-corrected chi connectivity index (χ4v) is 1.61. The standard InChI is InChI=1S/C11H13N3O3/c15-7-3-5-12-10-9(11(16)17)14-6-2-1-4-8(14)13-10/h1-2,4,6,12,15H,3,5,7H2,(H,16,17). The van der Waals surface area contributed by atoms with E-state index in [-0.39, 0.29) is 12.3 Å². The van der Waals surface area contributed by atoms with Crippen LogP contribution in [0.3, 0.4) is 0 Å². The molecular formula is C11H13N3O3. The Balaban J connectivity index is 2.39.